The first-order valence-electron chi connectivity index (χ1n) is 9.70. The van der Waals surface area contributed by atoms with Crippen LogP contribution in [0.15, 0.2) is 46.9 Å². The van der Waals surface area contributed by atoms with E-state index >= 15 is 0 Å². The number of hydrogen-bond acceptors (Lipinski definition) is 5. The molecule has 1 aliphatic heterocycles. The Hall–Kier alpha value is -2.60. The van der Waals surface area contributed by atoms with Gasteiger partial charge in [-0.1, -0.05) is 30.3 Å². The standard InChI is InChI=1S/C22H28N2O4/c1-24-14-6-13-22(16-24,15-20(25)27-2)23-21(26)19-12-11-18(28-19)10-9-17-7-4-3-5-8-17/h3-5,7-8,11-12H,6,9-10,13-16H2,1-2H3,(H,23,26). The van der Waals surface area contributed by atoms with E-state index in [0.29, 0.717) is 6.54 Å². The van der Waals surface area contributed by atoms with Gasteiger partial charge in [-0.15, -0.1) is 0 Å². The lowest BCUT2D eigenvalue weighted by Crippen LogP contribution is -2.58. The smallest absolute Gasteiger partial charge is 0.307 e. The molecule has 1 fully saturated rings. The van der Waals surface area contributed by atoms with Gasteiger partial charge in [-0.2, -0.15) is 0 Å². The van der Waals surface area contributed by atoms with Crippen molar-refractivity contribution in [1.82, 2.24) is 10.2 Å². The number of ether oxygens (including phenoxy) is 1. The van der Waals surface area contributed by atoms with Crippen LogP contribution in [-0.4, -0.2) is 49.6 Å². The molecule has 28 heavy (non-hydrogen) atoms. The predicted molar refractivity (Wildman–Crippen MR) is 106 cm³/mol. The van der Waals surface area contributed by atoms with Crippen LogP contribution in [0.5, 0.6) is 0 Å². The summed E-state index contributed by atoms with van der Waals surface area (Å²) in [5, 5.41) is 3.06. The molecule has 0 spiro atoms. The van der Waals surface area contributed by atoms with Gasteiger partial charge in [-0.3, -0.25) is 9.59 Å². The number of methoxy groups -OCH3 is 1. The van der Waals surface area contributed by atoms with Crippen LogP contribution < -0.4 is 5.32 Å². The number of carbonyl (C=O) groups excluding carboxylic acids is 2. The van der Waals surface area contributed by atoms with E-state index in [9.17, 15) is 9.59 Å². The first-order chi connectivity index (χ1) is 13.5. The van der Waals surface area contributed by atoms with E-state index in [1.165, 1.54) is 12.7 Å². The van der Waals surface area contributed by atoms with Gasteiger partial charge >= 0.3 is 5.97 Å². The van der Waals surface area contributed by atoms with Gasteiger partial charge in [-0.05, 0) is 50.6 Å². The molecular formula is C22H28N2O4. The Morgan fingerprint density at radius 1 is 1.18 bits per heavy atom. The topological polar surface area (TPSA) is 71.8 Å². The number of furan rings is 1. The number of nitrogens with zero attached hydrogens (tertiary/aromatic N) is 1. The van der Waals surface area contributed by atoms with Gasteiger partial charge in [0.25, 0.3) is 5.91 Å². The van der Waals surface area contributed by atoms with E-state index in [0.717, 1.165) is 38.0 Å². The Labute approximate surface area is 165 Å². The first kappa shape index (κ1) is 20.1. The molecule has 6 heteroatoms. The maximum Gasteiger partial charge on any atom is 0.307 e. The quantitative estimate of drug-likeness (QED) is 0.743. The van der Waals surface area contributed by atoms with Crippen LogP contribution >= 0.6 is 0 Å². The van der Waals surface area contributed by atoms with Gasteiger partial charge in [0.1, 0.15) is 5.76 Å². The molecule has 0 saturated carbocycles. The monoisotopic (exact) mass is 384 g/mol. The molecule has 3 rings (SSSR count). The molecule has 1 atom stereocenters. The van der Waals surface area contributed by atoms with E-state index in [2.05, 4.69) is 22.3 Å². The Morgan fingerprint density at radius 2 is 1.96 bits per heavy atom. The summed E-state index contributed by atoms with van der Waals surface area (Å²) in [6.45, 7) is 1.55. The Kier molecular flexibility index (Phi) is 6.52. The zero-order valence-corrected chi connectivity index (χ0v) is 16.6. The summed E-state index contributed by atoms with van der Waals surface area (Å²) in [6.07, 6.45) is 3.38. The second-order valence-corrected chi connectivity index (χ2v) is 7.58. The third kappa shape index (κ3) is 5.23. The number of esters is 1. The number of hydrogen-bond donors (Lipinski definition) is 1. The minimum atomic E-state index is -0.631. The summed E-state index contributed by atoms with van der Waals surface area (Å²) in [5.41, 5.74) is 0.598. The molecule has 2 aromatic rings. The van der Waals surface area contributed by atoms with Crippen LogP contribution in [0, 0.1) is 0 Å². The highest BCUT2D eigenvalue weighted by Gasteiger charge is 2.39. The maximum absolute atomic E-state index is 12.8. The molecule has 150 valence electrons. The maximum atomic E-state index is 12.8. The number of rotatable bonds is 7. The van der Waals surface area contributed by atoms with Crippen molar-refractivity contribution in [3.8, 4) is 0 Å². The third-order valence-electron chi connectivity index (χ3n) is 5.25. The van der Waals surface area contributed by atoms with E-state index < -0.39 is 5.54 Å². The van der Waals surface area contributed by atoms with Crippen LogP contribution in [0.3, 0.4) is 0 Å². The van der Waals surface area contributed by atoms with Gasteiger partial charge < -0.3 is 19.4 Å². The zero-order chi connectivity index (χ0) is 20.0. The van der Waals surface area contributed by atoms with Crippen LogP contribution in [-0.2, 0) is 22.4 Å². The molecule has 1 aromatic carbocycles. The lowest BCUT2D eigenvalue weighted by atomic mass is 9.85. The van der Waals surface area contributed by atoms with E-state index in [4.69, 9.17) is 9.15 Å². The number of carbonyl (C=O) groups is 2. The van der Waals surface area contributed by atoms with Crippen molar-refractivity contribution in [2.24, 2.45) is 0 Å². The predicted octanol–water partition coefficient (Wildman–Crippen LogP) is 2.82. The summed E-state index contributed by atoms with van der Waals surface area (Å²) in [4.78, 5) is 26.9. The molecule has 2 heterocycles. The highest BCUT2D eigenvalue weighted by molar-refractivity contribution is 5.92. The molecule has 1 N–H and O–H groups in total. The van der Waals surface area contributed by atoms with Gasteiger partial charge in [0.2, 0.25) is 0 Å². The normalized spacial score (nSPS) is 19.9. The fourth-order valence-electron chi connectivity index (χ4n) is 3.85. The van der Waals surface area contributed by atoms with Crippen molar-refractivity contribution >= 4 is 11.9 Å². The van der Waals surface area contributed by atoms with Crippen LogP contribution in [0.4, 0.5) is 0 Å². The molecule has 0 aliphatic carbocycles. The molecule has 1 saturated heterocycles. The third-order valence-corrected chi connectivity index (χ3v) is 5.25. The largest absolute Gasteiger partial charge is 0.469 e. The van der Waals surface area contributed by atoms with Gasteiger partial charge in [0.05, 0.1) is 19.1 Å². The number of aryl methyl sites for hydroxylation is 2. The molecule has 6 nitrogen and oxygen atoms in total. The minimum absolute atomic E-state index is 0.154. The SMILES string of the molecule is COC(=O)CC1(NC(=O)c2ccc(CCc3ccccc3)o2)CCCN(C)C1. The molecule has 0 bridgehead atoms. The molecular weight excluding hydrogens is 356 g/mol. The number of piperidine rings is 1. The fraction of sp³-hybridized carbons (Fsp3) is 0.455. The molecule has 1 unspecified atom stereocenters. The van der Waals surface area contributed by atoms with E-state index in [1.807, 2.05) is 31.3 Å². The minimum Gasteiger partial charge on any atom is -0.469 e. The average molecular weight is 384 g/mol. The number of nitrogens with one attached hydrogen (secondary N) is 1. The highest BCUT2D eigenvalue weighted by Crippen LogP contribution is 2.25. The van der Waals surface area contributed by atoms with Crippen molar-refractivity contribution in [1.29, 1.82) is 0 Å². The number of likely N-dealkylation sites (tertiary alicyclic amines) is 1. The summed E-state index contributed by atoms with van der Waals surface area (Å²) >= 11 is 0. The summed E-state index contributed by atoms with van der Waals surface area (Å²) in [6, 6.07) is 13.7. The van der Waals surface area contributed by atoms with Crippen molar-refractivity contribution < 1.29 is 18.7 Å². The molecule has 1 amide bonds. The van der Waals surface area contributed by atoms with Crippen molar-refractivity contribution in [2.45, 2.75) is 37.6 Å². The Balaban J connectivity index is 1.65. The van der Waals surface area contributed by atoms with Gasteiger partial charge in [0.15, 0.2) is 5.76 Å². The van der Waals surface area contributed by atoms with Crippen LogP contribution in [0.25, 0.3) is 0 Å². The fourth-order valence-corrected chi connectivity index (χ4v) is 3.85. The molecule has 1 aliphatic rings. The van der Waals surface area contributed by atoms with Crippen molar-refractivity contribution in [3.63, 3.8) is 0 Å². The summed E-state index contributed by atoms with van der Waals surface area (Å²) in [7, 11) is 3.36. The second-order valence-electron chi connectivity index (χ2n) is 7.58. The summed E-state index contributed by atoms with van der Waals surface area (Å²) in [5.74, 6) is 0.445. The average Bonchev–Trinajstić information content (AvgIpc) is 3.16. The lowest BCUT2D eigenvalue weighted by molar-refractivity contribution is -0.142. The number of amides is 1. The van der Waals surface area contributed by atoms with Gasteiger partial charge in [-0.25, -0.2) is 0 Å². The lowest BCUT2D eigenvalue weighted by Gasteiger charge is -2.41. The zero-order valence-electron chi connectivity index (χ0n) is 16.6. The number of likely N-dealkylation sites (N-methyl/N-ethyl adjacent to an activating group) is 1. The van der Waals surface area contributed by atoms with E-state index in [-0.39, 0.29) is 24.1 Å². The van der Waals surface area contributed by atoms with Crippen LogP contribution in [0.2, 0.25) is 0 Å². The number of benzene rings is 1. The molecule has 1 aromatic heterocycles. The molecule has 0 radical (unpaired) electrons. The summed E-state index contributed by atoms with van der Waals surface area (Å²) < 4.78 is 10.6. The Morgan fingerprint density at radius 3 is 2.68 bits per heavy atom. The van der Waals surface area contributed by atoms with Gasteiger partial charge in [0, 0.05) is 13.0 Å². The first-order valence-corrected chi connectivity index (χ1v) is 9.70. The second kappa shape index (κ2) is 9.06. The highest BCUT2D eigenvalue weighted by atomic mass is 16.5. The Bertz CT molecular complexity index is 802. The van der Waals surface area contributed by atoms with Crippen molar-refractivity contribution in [2.75, 3.05) is 27.2 Å². The van der Waals surface area contributed by atoms with E-state index in [1.54, 1.807) is 6.07 Å². The van der Waals surface area contributed by atoms with Crippen LogP contribution in [0.1, 0.15) is 41.1 Å². The van der Waals surface area contributed by atoms with Crippen molar-refractivity contribution in [3.05, 3.63) is 59.5 Å².